The second-order valence-corrected chi connectivity index (χ2v) is 4.35. The van der Waals surface area contributed by atoms with Gasteiger partial charge in [-0.1, -0.05) is 24.6 Å². The molecule has 1 heteroatoms. The third kappa shape index (κ3) is 1.58. The summed E-state index contributed by atoms with van der Waals surface area (Å²) in [6.45, 7) is 6.64. The highest BCUT2D eigenvalue weighted by Gasteiger charge is 2.30. The van der Waals surface area contributed by atoms with Crippen LogP contribution in [0.1, 0.15) is 33.6 Å². The Balaban J connectivity index is 2.21. The van der Waals surface area contributed by atoms with Crippen molar-refractivity contribution in [3.05, 3.63) is 23.3 Å². The van der Waals surface area contributed by atoms with Gasteiger partial charge in [0.2, 0.25) is 0 Å². The van der Waals surface area contributed by atoms with Gasteiger partial charge in [0.15, 0.2) is 0 Å². The molecule has 13 heavy (non-hydrogen) atoms. The lowest BCUT2D eigenvalue weighted by Gasteiger charge is -2.36. The second kappa shape index (κ2) is 3.30. The van der Waals surface area contributed by atoms with Crippen LogP contribution < -0.4 is 0 Å². The van der Waals surface area contributed by atoms with Crippen LogP contribution in [0.5, 0.6) is 0 Å². The van der Waals surface area contributed by atoms with Crippen molar-refractivity contribution in [3.8, 4) is 0 Å². The number of ether oxygens (including phenoxy) is 1. The van der Waals surface area contributed by atoms with Crippen LogP contribution in [0.25, 0.3) is 0 Å². The van der Waals surface area contributed by atoms with Crippen molar-refractivity contribution in [2.24, 2.45) is 5.92 Å². The molecule has 0 amide bonds. The molecule has 3 unspecified atom stereocenters. The van der Waals surface area contributed by atoms with Crippen molar-refractivity contribution >= 4 is 0 Å². The fraction of sp³-hybridized carbons (Fsp3) is 0.667. The maximum Gasteiger partial charge on any atom is 0.0854 e. The average molecular weight is 178 g/mol. The van der Waals surface area contributed by atoms with Crippen LogP contribution in [-0.2, 0) is 4.74 Å². The molecule has 1 saturated heterocycles. The molecule has 0 aromatic heterocycles. The summed E-state index contributed by atoms with van der Waals surface area (Å²) in [5, 5.41) is 0. The molecule has 1 nitrogen and oxygen atoms in total. The molecule has 0 aromatic rings. The monoisotopic (exact) mass is 178 g/mol. The van der Waals surface area contributed by atoms with E-state index in [-0.39, 0.29) is 0 Å². The van der Waals surface area contributed by atoms with Crippen molar-refractivity contribution in [2.45, 2.75) is 45.8 Å². The van der Waals surface area contributed by atoms with E-state index in [1.54, 1.807) is 0 Å². The fourth-order valence-electron chi connectivity index (χ4n) is 2.16. The van der Waals surface area contributed by atoms with E-state index in [4.69, 9.17) is 4.74 Å². The highest BCUT2D eigenvalue weighted by atomic mass is 16.5. The summed E-state index contributed by atoms with van der Waals surface area (Å²) >= 11 is 0. The first-order valence-corrected chi connectivity index (χ1v) is 5.21. The molecule has 2 rings (SSSR count). The zero-order chi connectivity index (χ0) is 9.42. The zero-order valence-electron chi connectivity index (χ0n) is 8.71. The van der Waals surface area contributed by atoms with Gasteiger partial charge in [0.1, 0.15) is 0 Å². The molecule has 0 radical (unpaired) electrons. The first-order valence-electron chi connectivity index (χ1n) is 5.21. The minimum atomic E-state index is 0.369. The molecule has 0 saturated carbocycles. The van der Waals surface area contributed by atoms with E-state index in [1.807, 2.05) is 0 Å². The maximum absolute atomic E-state index is 5.96. The number of fused-ring (bicyclic) bond motifs is 1. The van der Waals surface area contributed by atoms with Gasteiger partial charge in [0, 0.05) is 5.92 Å². The lowest BCUT2D eigenvalue weighted by molar-refractivity contribution is -0.0277. The molecular weight excluding hydrogens is 160 g/mol. The molecular formula is C12H18O. The van der Waals surface area contributed by atoms with Gasteiger partial charge >= 0.3 is 0 Å². The van der Waals surface area contributed by atoms with Gasteiger partial charge in [-0.15, -0.1) is 0 Å². The molecule has 1 aliphatic carbocycles. The van der Waals surface area contributed by atoms with E-state index in [9.17, 15) is 0 Å². The number of allylic oxidation sites excluding steroid dienone is 2. The highest BCUT2D eigenvalue weighted by Crippen LogP contribution is 2.35. The van der Waals surface area contributed by atoms with Crippen LogP contribution in [0.2, 0.25) is 0 Å². The Hall–Kier alpha value is -0.560. The SMILES string of the molecule is CC1=CC=C2CCC(C)OC2C1C. The Bertz CT molecular complexity index is 262. The Morgan fingerprint density at radius 3 is 2.85 bits per heavy atom. The van der Waals surface area contributed by atoms with Crippen LogP contribution in [0.3, 0.4) is 0 Å². The summed E-state index contributed by atoms with van der Waals surface area (Å²) in [5.74, 6) is 0.572. The summed E-state index contributed by atoms with van der Waals surface area (Å²) in [6.07, 6.45) is 7.72. The van der Waals surface area contributed by atoms with E-state index in [2.05, 4.69) is 32.9 Å². The summed E-state index contributed by atoms with van der Waals surface area (Å²) in [7, 11) is 0. The Kier molecular flexibility index (Phi) is 2.29. The van der Waals surface area contributed by atoms with E-state index < -0.39 is 0 Å². The van der Waals surface area contributed by atoms with Gasteiger partial charge in [-0.2, -0.15) is 0 Å². The van der Waals surface area contributed by atoms with Crippen molar-refractivity contribution < 1.29 is 4.74 Å². The highest BCUT2D eigenvalue weighted by molar-refractivity contribution is 5.30. The van der Waals surface area contributed by atoms with Crippen molar-refractivity contribution in [1.82, 2.24) is 0 Å². The van der Waals surface area contributed by atoms with Gasteiger partial charge in [0.25, 0.3) is 0 Å². The normalized spacial score (nSPS) is 39.2. The van der Waals surface area contributed by atoms with E-state index in [0.717, 1.165) is 0 Å². The molecule has 1 heterocycles. The molecule has 1 fully saturated rings. The molecule has 0 spiro atoms. The predicted octanol–water partition coefficient (Wildman–Crippen LogP) is 3.08. The Morgan fingerprint density at radius 2 is 2.08 bits per heavy atom. The summed E-state index contributed by atoms with van der Waals surface area (Å²) in [5.41, 5.74) is 2.94. The minimum absolute atomic E-state index is 0.369. The second-order valence-electron chi connectivity index (χ2n) is 4.35. The lowest BCUT2D eigenvalue weighted by atomic mass is 9.82. The summed E-state index contributed by atoms with van der Waals surface area (Å²) in [6, 6.07) is 0. The largest absolute Gasteiger partial charge is 0.370 e. The van der Waals surface area contributed by atoms with Gasteiger partial charge in [0.05, 0.1) is 12.2 Å². The van der Waals surface area contributed by atoms with E-state index in [0.29, 0.717) is 18.1 Å². The van der Waals surface area contributed by atoms with Crippen LogP contribution in [0.15, 0.2) is 23.3 Å². The fourth-order valence-corrected chi connectivity index (χ4v) is 2.16. The molecule has 72 valence electrons. The van der Waals surface area contributed by atoms with Crippen LogP contribution in [0, 0.1) is 5.92 Å². The number of hydrogen-bond donors (Lipinski definition) is 0. The van der Waals surface area contributed by atoms with Crippen LogP contribution in [-0.4, -0.2) is 12.2 Å². The average Bonchev–Trinajstić information content (AvgIpc) is 2.12. The molecule has 0 bridgehead atoms. The van der Waals surface area contributed by atoms with Gasteiger partial charge < -0.3 is 4.74 Å². The van der Waals surface area contributed by atoms with Crippen molar-refractivity contribution in [2.75, 3.05) is 0 Å². The third-order valence-electron chi connectivity index (χ3n) is 3.32. The molecule has 1 aliphatic heterocycles. The standard InChI is InChI=1S/C12H18O/c1-8-4-6-11-7-5-9(2)13-12(11)10(8)3/h4,6,9-10,12H,5,7H2,1-3H3. The number of hydrogen-bond acceptors (Lipinski definition) is 1. The van der Waals surface area contributed by atoms with Gasteiger partial charge in [-0.05, 0) is 32.3 Å². The van der Waals surface area contributed by atoms with Gasteiger partial charge in [-0.25, -0.2) is 0 Å². The van der Waals surface area contributed by atoms with E-state index in [1.165, 1.54) is 24.0 Å². The molecule has 2 aliphatic rings. The number of rotatable bonds is 0. The predicted molar refractivity (Wildman–Crippen MR) is 54.6 cm³/mol. The lowest BCUT2D eigenvalue weighted by Crippen LogP contribution is -2.34. The topological polar surface area (TPSA) is 9.23 Å². The minimum Gasteiger partial charge on any atom is -0.370 e. The Morgan fingerprint density at radius 1 is 1.31 bits per heavy atom. The van der Waals surface area contributed by atoms with Gasteiger partial charge in [-0.3, -0.25) is 0 Å². The zero-order valence-corrected chi connectivity index (χ0v) is 8.71. The maximum atomic E-state index is 5.96. The van der Waals surface area contributed by atoms with Crippen molar-refractivity contribution in [3.63, 3.8) is 0 Å². The quantitative estimate of drug-likeness (QED) is 0.554. The first-order chi connectivity index (χ1) is 6.18. The van der Waals surface area contributed by atoms with Crippen LogP contribution in [0.4, 0.5) is 0 Å². The van der Waals surface area contributed by atoms with Crippen molar-refractivity contribution in [1.29, 1.82) is 0 Å². The third-order valence-corrected chi connectivity index (χ3v) is 3.32. The molecule has 0 aromatic carbocycles. The Labute approximate surface area is 80.5 Å². The van der Waals surface area contributed by atoms with Crippen LogP contribution >= 0.6 is 0 Å². The smallest absolute Gasteiger partial charge is 0.0854 e. The first kappa shape index (κ1) is 9.01. The van der Waals surface area contributed by atoms with E-state index >= 15 is 0 Å². The summed E-state index contributed by atoms with van der Waals surface area (Å²) < 4.78 is 5.96. The molecule has 0 N–H and O–H groups in total. The molecule has 3 atom stereocenters. The summed E-state index contributed by atoms with van der Waals surface area (Å²) in [4.78, 5) is 0.